The van der Waals surface area contributed by atoms with Gasteiger partial charge in [-0.3, -0.25) is 14.2 Å². The maximum absolute atomic E-state index is 12.9. The van der Waals surface area contributed by atoms with Crippen molar-refractivity contribution in [3.05, 3.63) is 80.4 Å². The Kier molecular flexibility index (Phi) is 5.62. The van der Waals surface area contributed by atoms with Crippen molar-refractivity contribution in [2.45, 2.75) is 19.1 Å². The van der Waals surface area contributed by atoms with Gasteiger partial charge in [0.05, 0.1) is 16.6 Å². The predicted molar refractivity (Wildman–Crippen MR) is 124 cm³/mol. The van der Waals surface area contributed by atoms with Crippen LogP contribution in [-0.2, 0) is 23.9 Å². The number of hydrogen-bond acceptors (Lipinski definition) is 7. The van der Waals surface area contributed by atoms with Gasteiger partial charge in [0.15, 0.2) is 15.6 Å². The number of amides is 1. The maximum Gasteiger partial charge on any atom is 0.416 e. The van der Waals surface area contributed by atoms with E-state index in [9.17, 15) is 22.8 Å². The SMILES string of the molecule is O=C(Cn1c(=O)sc2nc3ccccc3nc21)Nc1ncc(Cc2cccc(C(F)(F)F)c2)s1. The van der Waals surface area contributed by atoms with E-state index in [1.807, 2.05) is 12.1 Å². The normalized spacial score (nSPS) is 11.9. The highest BCUT2D eigenvalue weighted by atomic mass is 32.1. The minimum Gasteiger partial charge on any atom is -0.300 e. The standard InChI is InChI=1S/C22H14F3N5O2S2/c23-22(24,25)13-5-3-4-12(8-13)9-14-10-26-20(33-14)29-17(31)11-30-18-19(34-21(30)32)28-16-7-2-1-6-15(16)27-18/h1-8,10H,9,11H2,(H,26,29,31). The largest absolute Gasteiger partial charge is 0.416 e. The van der Waals surface area contributed by atoms with E-state index in [-0.39, 0.29) is 23.0 Å². The molecule has 172 valence electrons. The highest BCUT2D eigenvalue weighted by molar-refractivity contribution is 7.16. The zero-order chi connectivity index (χ0) is 23.9. The molecule has 0 saturated carbocycles. The van der Waals surface area contributed by atoms with E-state index in [1.165, 1.54) is 16.8 Å². The van der Waals surface area contributed by atoms with Crippen molar-refractivity contribution in [1.29, 1.82) is 0 Å². The van der Waals surface area contributed by atoms with E-state index >= 15 is 0 Å². The van der Waals surface area contributed by atoms with Crippen molar-refractivity contribution in [3.8, 4) is 0 Å². The lowest BCUT2D eigenvalue weighted by Crippen LogP contribution is -2.24. The average Bonchev–Trinajstić information content (AvgIpc) is 3.35. The van der Waals surface area contributed by atoms with Gasteiger partial charge in [-0.15, -0.1) is 11.3 Å². The molecular formula is C22H14F3N5O2S2. The number of halogens is 3. The highest BCUT2D eigenvalue weighted by Crippen LogP contribution is 2.30. The van der Waals surface area contributed by atoms with E-state index in [4.69, 9.17) is 0 Å². The summed E-state index contributed by atoms with van der Waals surface area (Å²) in [4.78, 5) is 38.8. The molecule has 0 radical (unpaired) electrons. The number of thiazole rings is 2. The van der Waals surface area contributed by atoms with Gasteiger partial charge in [0.2, 0.25) is 5.91 Å². The molecule has 0 unspecified atom stereocenters. The van der Waals surface area contributed by atoms with E-state index in [0.29, 0.717) is 32.0 Å². The number of alkyl halides is 3. The number of benzene rings is 2. The first-order valence-corrected chi connectivity index (χ1v) is 11.6. The number of aromatic nitrogens is 4. The summed E-state index contributed by atoms with van der Waals surface area (Å²) in [6.07, 6.45) is -2.66. The number of anilines is 1. The first kappa shape index (κ1) is 22.2. The molecule has 0 aliphatic carbocycles. The summed E-state index contributed by atoms with van der Waals surface area (Å²) in [7, 11) is 0. The van der Waals surface area contributed by atoms with Gasteiger partial charge in [0, 0.05) is 17.5 Å². The molecule has 0 saturated heterocycles. The van der Waals surface area contributed by atoms with Crippen LogP contribution < -0.4 is 10.2 Å². The molecule has 1 amide bonds. The topological polar surface area (TPSA) is 89.8 Å². The molecule has 0 bridgehead atoms. The van der Waals surface area contributed by atoms with Crippen molar-refractivity contribution >= 4 is 55.2 Å². The Balaban J connectivity index is 1.31. The predicted octanol–water partition coefficient (Wildman–Crippen LogP) is 4.71. The van der Waals surface area contributed by atoms with Crippen LogP contribution in [0.25, 0.3) is 21.5 Å². The Hall–Kier alpha value is -3.64. The Morgan fingerprint density at radius 1 is 1.03 bits per heavy atom. The van der Waals surface area contributed by atoms with Crippen LogP contribution in [0.5, 0.6) is 0 Å². The van der Waals surface area contributed by atoms with Gasteiger partial charge in [-0.2, -0.15) is 13.2 Å². The molecule has 2 aromatic carbocycles. The fourth-order valence-corrected chi connectivity index (χ4v) is 5.07. The summed E-state index contributed by atoms with van der Waals surface area (Å²) in [5, 5.41) is 2.92. The van der Waals surface area contributed by atoms with E-state index in [0.717, 1.165) is 34.8 Å². The molecule has 0 fully saturated rings. The van der Waals surface area contributed by atoms with Crippen LogP contribution in [-0.4, -0.2) is 25.4 Å². The number of nitrogens with one attached hydrogen (secondary N) is 1. The van der Waals surface area contributed by atoms with Gasteiger partial charge in [-0.1, -0.05) is 41.7 Å². The van der Waals surface area contributed by atoms with Crippen molar-refractivity contribution in [2.75, 3.05) is 5.32 Å². The molecule has 0 atom stereocenters. The molecule has 0 spiro atoms. The third-order valence-corrected chi connectivity index (χ3v) is 6.69. The van der Waals surface area contributed by atoms with Crippen LogP contribution in [0.3, 0.4) is 0 Å². The lowest BCUT2D eigenvalue weighted by molar-refractivity contribution is -0.137. The lowest BCUT2D eigenvalue weighted by atomic mass is 10.1. The lowest BCUT2D eigenvalue weighted by Gasteiger charge is -2.07. The van der Waals surface area contributed by atoms with Crippen LogP contribution in [0.1, 0.15) is 16.0 Å². The average molecular weight is 502 g/mol. The zero-order valence-electron chi connectivity index (χ0n) is 17.2. The number of rotatable bonds is 5. The van der Waals surface area contributed by atoms with Crippen molar-refractivity contribution in [1.82, 2.24) is 19.5 Å². The van der Waals surface area contributed by atoms with E-state index in [2.05, 4.69) is 20.3 Å². The Morgan fingerprint density at radius 2 is 1.79 bits per heavy atom. The van der Waals surface area contributed by atoms with E-state index < -0.39 is 17.6 Å². The molecule has 34 heavy (non-hydrogen) atoms. The highest BCUT2D eigenvalue weighted by Gasteiger charge is 2.30. The van der Waals surface area contributed by atoms with Crippen molar-refractivity contribution in [3.63, 3.8) is 0 Å². The Morgan fingerprint density at radius 3 is 2.56 bits per heavy atom. The Bertz CT molecular complexity index is 1590. The second-order valence-corrected chi connectivity index (χ2v) is 9.41. The summed E-state index contributed by atoms with van der Waals surface area (Å²) in [6, 6.07) is 12.3. The molecule has 0 aliphatic heterocycles. The van der Waals surface area contributed by atoms with Crippen LogP contribution in [0.4, 0.5) is 18.3 Å². The maximum atomic E-state index is 12.9. The smallest absolute Gasteiger partial charge is 0.300 e. The second kappa shape index (κ2) is 8.61. The third kappa shape index (κ3) is 4.54. The van der Waals surface area contributed by atoms with E-state index in [1.54, 1.807) is 18.2 Å². The number of para-hydroxylation sites is 2. The van der Waals surface area contributed by atoms with Gasteiger partial charge < -0.3 is 5.32 Å². The number of nitrogens with zero attached hydrogens (tertiary/aromatic N) is 4. The monoisotopic (exact) mass is 501 g/mol. The quantitative estimate of drug-likeness (QED) is 0.377. The summed E-state index contributed by atoms with van der Waals surface area (Å²) >= 11 is 2.07. The molecule has 5 aromatic rings. The van der Waals surface area contributed by atoms with Crippen LogP contribution in [0.2, 0.25) is 0 Å². The van der Waals surface area contributed by atoms with Gasteiger partial charge in [-0.25, -0.2) is 15.0 Å². The molecular weight excluding hydrogens is 487 g/mol. The van der Waals surface area contributed by atoms with Gasteiger partial charge in [0.25, 0.3) is 0 Å². The van der Waals surface area contributed by atoms with Gasteiger partial charge >= 0.3 is 11.0 Å². The summed E-state index contributed by atoms with van der Waals surface area (Å²) in [6.45, 7) is -0.269. The number of carbonyl (C=O) groups excluding carboxylic acids is 1. The van der Waals surface area contributed by atoms with Crippen LogP contribution in [0.15, 0.2) is 59.5 Å². The molecule has 5 rings (SSSR count). The Labute approximate surface area is 197 Å². The zero-order valence-corrected chi connectivity index (χ0v) is 18.8. The number of carbonyl (C=O) groups is 1. The fraction of sp³-hybridized carbons (Fsp3) is 0.136. The number of fused-ring (bicyclic) bond motifs is 2. The first-order chi connectivity index (χ1) is 16.3. The van der Waals surface area contributed by atoms with Gasteiger partial charge in [-0.05, 0) is 23.8 Å². The van der Waals surface area contributed by atoms with Crippen molar-refractivity contribution < 1.29 is 18.0 Å². The minimum atomic E-state index is -4.41. The molecule has 1 N–H and O–H groups in total. The fourth-order valence-electron chi connectivity index (χ4n) is 3.39. The van der Waals surface area contributed by atoms with Gasteiger partial charge in [0.1, 0.15) is 6.54 Å². The summed E-state index contributed by atoms with van der Waals surface area (Å²) in [5.41, 5.74) is 1.36. The third-order valence-electron chi connectivity index (χ3n) is 4.92. The summed E-state index contributed by atoms with van der Waals surface area (Å²) < 4.78 is 40.0. The van der Waals surface area contributed by atoms with Crippen LogP contribution in [0, 0.1) is 0 Å². The first-order valence-electron chi connectivity index (χ1n) is 9.93. The number of hydrogen-bond donors (Lipinski definition) is 1. The molecule has 7 nitrogen and oxygen atoms in total. The molecule has 3 aromatic heterocycles. The minimum absolute atomic E-state index is 0.245. The second-order valence-electron chi connectivity index (χ2n) is 7.35. The van der Waals surface area contributed by atoms with Crippen LogP contribution >= 0.6 is 22.7 Å². The summed E-state index contributed by atoms with van der Waals surface area (Å²) in [5.74, 6) is -0.475. The molecule has 3 heterocycles. The molecule has 12 heteroatoms. The van der Waals surface area contributed by atoms with Crippen molar-refractivity contribution in [2.24, 2.45) is 0 Å². The molecule has 0 aliphatic rings.